The minimum Gasteiger partial charge on any atom is -0.460 e. The van der Waals surface area contributed by atoms with Crippen molar-refractivity contribution < 1.29 is 23.5 Å². The predicted molar refractivity (Wildman–Crippen MR) is 118 cm³/mol. The van der Waals surface area contributed by atoms with Crippen molar-refractivity contribution in [2.24, 2.45) is 16.5 Å². The number of hydrogen-bond acceptors (Lipinski definition) is 6. The van der Waals surface area contributed by atoms with Crippen molar-refractivity contribution >= 4 is 18.1 Å². The Balaban J connectivity index is 1.61. The molecular weight excluding hydrogens is 433 g/mol. The number of amides is 3. The predicted octanol–water partition coefficient (Wildman–Crippen LogP) is 1.72. The third-order valence-corrected chi connectivity index (χ3v) is 4.96. The van der Waals surface area contributed by atoms with Gasteiger partial charge in [0.25, 0.3) is 0 Å². The molecule has 2 heterocycles. The number of urea groups is 1. The van der Waals surface area contributed by atoms with Gasteiger partial charge in [-0.1, -0.05) is 18.2 Å². The molecule has 1 aromatic carbocycles. The number of carbonyl (C=O) groups excluding carboxylic acids is 2. The molecule has 0 aliphatic carbocycles. The van der Waals surface area contributed by atoms with Gasteiger partial charge in [-0.05, 0) is 0 Å². The fourth-order valence-electron chi connectivity index (χ4n) is 3.30. The molecular formula is C21H26FN7O4. The average Bonchev–Trinajstić information content (AvgIpc) is 2.78. The summed E-state index contributed by atoms with van der Waals surface area (Å²) >= 11 is 0. The second-order valence-corrected chi connectivity index (χ2v) is 7.61. The van der Waals surface area contributed by atoms with Gasteiger partial charge in [-0.15, -0.1) is 4.99 Å². The van der Waals surface area contributed by atoms with Gasteiger partial charge in [0.05, 0.1) is 0 Å². The Kier molecular flexibility index (Phi) is 7.59. The number of guanidine groups is 1. The van der Waals surface area contributed by atoms with Crippen LogP contribution in [0, 0.1) is 5.82 Å². The van der Waals surface area contributed by atoms with Crippen LogP contribution in [0.4, 0.5) is 14.0 Å². The van der Waals surface area contributed by atoms with E-state index in [9.17, 15) is 14.0 Å². The topological polar surface area (TPSA) is 149 Å². The summed E-state index contributed by atoms with van der Waals surface area (Å²) < 4.78 is 25.6. The van der Waals surface area contributed by atoms with Gasteiger partial charge in [-0.2, -0.15) is 0 Å². The SMILES string of the molecule is CN(C)C(=O)N1CCC(Oc2ncc(-c3cccc(COC(=O)N=C(N)N)c3F)cn2)CC1. The van der Waals surface area contributed by atoms with E-state index >= 15 is 0 Å². The Hall–Kier alpha value is -3.96. The van der Waals surface area contributed by atoms with Crippen LogP contribution in [0.1, 0.15) is 18.4 Å². The first-order valence-electron chi connectivity index (χ1n) is 10.2. The number of benzene rings is 1. The van der Waals surface area contributed by atoms with Crippen LogP contribution in [-0.4, -0.2) is 71.1 Å². The van der Waals surface area contributed by atoms with E-state index < -0.39 is 17.9 Å². The molecule has 33 heavy (non-hydrogen) atoms. The third-order valence-electron chi connectivity index (χ3n) is 4.96. The molecule has 0 spiro atoms. The number of halogens is 1. The molecule has 1 aliphatic heterocycles. The molecule has 11 nitrogen and oxygen atoms in total. The summed E-state index contributed by atoms with van der Waals surface area (Å²) in [5.41, 5.74) is 11.0. The van der Waals surface area contributed by atoms with Crippen LogP contribution in [0.2, 0.25) is 0 Å². The van der Waals surface area contributed by atoms with Crippen molar-refractivity contribution in [1.29, 1.82) is 0 Å². The van der Waals surface area contributed by atoms with E-state index in [1.54, 1.807) is 36.0 Å². The van der Waals surface area contributed by atoms with E-state index in [2.05, 4.69) is 15.0 Å². The fourth-order valence-corrected chi connectivity index (χ4v) is 3.30. The number of rotatable bonds is 5. The van der Waals surface area contributed by atoms with Crippen molar-refractivity contribution in [2.75, 3.05) is 27.2 Å². The molecule has 1 fully saturated rings. The van der Waals surface area contributed by atoms with E-state index in [0.717, 1.165) is 0 Å². The lowest BCUT2D eigenvalue weighted by atomic mass is 10.1. The summed E-state index contributed by atoms with van der Waals surface area (Å²) in [6, 6.07) is 4.82. The fraction of sp³-hybridized carbons (Fsp3) is 0.381. The summed E-state index contributed by atoms with van der Waals surface area (Å²) in [6.07, 6.45) is 3.13. The minimum absolute atomic E-state index is 0.0238. The van der Waals surface area contributed by atoms with Crippen molar-refractivity contribution in [2.45, 2.75) is 25.6 Å². The van der Waals surface area contributed by atoms with Crippen LogP contribution >= 0.6 is 0 Å². The highest BCUT2D eigenvalue weighted by Gasteiger charge is 2.25. The van der Waals surface area contributed by atoms with Crippen LogP contribution in [0.5, 0.6) is 6.01 Å². The highest BCUT2D eigenvalue weighted by molar-refractivity contribution is 5.87. The maximum atomic E-state index is 14.9. The highest BCUT2D eigenvalue weighted by Crippen LogP contribution is 2.26. The molecule has 0 saturated carbocycles. The van der Waals surface area contributed by atoms with Crippen molar-refractivity contribution in [3.8, 4) is 17.1 Å². The van der Waals surface area contributed by atoms with Crippen LogP contribution in [0.15, 0.2) is 35.6 Å². The molecule has 0 bridgehead atoms. The third kappa shape index (κ3) is 6.28. The molecule has 2 aromatic rings. The average molecular weight is 459 g/mol. The standard InChI is InChI=1S/C21H26FN7O4/c1-28(2)21(31)29-8-6-15(7-9-29)33-19-25-10-14(11-26-19)16-5-3-4-13(17(16)22)12-32-20(30)27-18(23)24/h3-5,10-11,15H,6-9,12H2,1-2H3,(H4,23,24,27,30). The van der Waals surface area contributed by atoms with E-state index in [4.69, 9.17) is 20.9 Å². The normalized spacial score (nSPS) is 13.8. The molecule has 0 atom stereocenters. The first-order valence-corrected chi connectivity index (χ1v) is 10.2. The summed E-state index contributed by atoms with van der Waals surface area (Å²) in [6.45, 7) is 0.837. The number of piperidine rings is 1. The minimum atomic E-state index is -1.01. The van der Waals surface area contributed by atoms with E-state index in [1.165, 1.54) is 18.5 Å². The number of aliphatic imine (C=N–C) groups is 1. The molecule has 1 saturated heterocycles. The molecule has 176 valence electrons. The Bertz CT molecular complexity index is 1020. The number of hydrogen-bond donors (Lipinski definition) is 2. The first-order chi connectivity index (χ1) is 15.7. The number of ether oxygens (including phenoxy) is 2. The van der Waals surface area contributed by atoms with Crippen LogP contribution < -0.4 is 16.2 Å². The van der Waals surface area contributed by atoms with Gasteiger partial charge in [0.2, 0.25) is 0 Å². The summed E-state index contributed by atoms with van der Waals surface area (Å²) in [7, 11) is 3.44. The maximum absolute atomic E-state index is 14.9. The smallest absolute Gasteiger partial charge is 0.437 e. The van der Waals surface area contributed by atoms with Crippen molar-refractivity contribution in [3.63, 3.8) is 0 Å². The van der Waals surface area contributed by atoms with Crippen LogP contribution in [0.3, 0.4) is 0 Å². The molecule has 1 aromatic heterocycles. The summed E-state index contributed by atoms with van der Waals surface area (Å²) in [5.74, 6) is -1.02. The second-order valence-electron chi connectivity index (χ2n) is 7.61. The summed E-state index contributed by atoms with van der Waals surface area (Å²) in [4.78, 5) is 38.4. The number of nitrogens with zero attached hydrogens (tertiary/aromatic N) is 5. The van der Waals surface area contributed by atoms with Crippen molar-refractivity contribution in [3.05, 3.63) is 42.0 Å². The molecule has 3 amide bonds. The largest absolute Gasteiger partial charge is 0.460 e. The van der Waals surface area contributed by atoms with Gasteiger partial charge in [0.1, 0.15) is 18.5 Å². The number of aromatic nitrogens is 2. The van der Waals surface area contributed by atoms with Gasteiger partial charge < -0.3 is 30.7 Å². The van der Waals surface area contributed by atoms with Crippen molar-refractivity contribution in [1.82, 2.24) is 19.8 Å². The van der Waals surface area contributed by atoms with Gasteiger partial charge in [0, 0.05) is 69.1 Å². The Morgan fingerprint density at radius 2 is 1.88 bits per heavy atom. The molecule has 0 unspecified atom stereocenters. The Morgan fingerprint density at radius 3 is 2.48 bits per heavy atom. The zero-order valence-corrected chi connectivity index (χ0v) is 18.4. The van der Waals surface area contributed by atoms with Gasteiger partial charge in [-0.3, -0.25) is 0 Å². The maximum Gasteiger partial charge on any atom is 0.437 e. The van der Waals surface area contributed by atoms with Crippen LogP contribution in [0.25, 0.3) is 11.1 Å². The lowest BCUT2D eigenvalue weighted by molar-refractivity contribution is 0.0948. The number of nitrogens with two attached hydrogens (primary N) is 2. The zero-order chi connectivity index (χ0) is 24.0. The Morgan fingerprint density at radius 1 is 1.21 bits per heavy atom. The lowest BCUT2D eigenvalue weighted by Crippen LogP contribution is -2.46. The monoisotopic (exact) mass is 459 g/mol. The molecule has 12 heteroatoms. The van der Waals surface area contributed by atoms with Gasteiger partial charge >= 0.3 is 18.1 Å². The first kappa shape index (κ1) is 23.7. The molecule has 1 aliphatic rings. The zero-order valence-electron chi connectivity index (χ0n) is 18.4. The molecule has 0 radical (unpaired) electrons. The van der Waals surface area contributed by atoms with Crippen LogP contribution in [-0.2, 0) is 11.3 Å². The second kappa shape index (κ2) is 10.6. The van der Waals surface area contributed by atoms with E-state index in [0.29, 0.717) is 31.5 Å². The molecule has 3 rings (SSSR count). The van der Waals surface area contributed by atoms with E-state index in [1.807, 2.05) is 0 Å². The quantitative estimate of drug-likeness (QED) is 0.507. The number of likely N-dealkylation sites (tertiary alicyclic amines) is 1. The highest BCUT2D eigenvalue weighted by atomic mass is 19.1. The Labute approximate surface area is 190 Å². The number of carbonyl (C=O) groups is 2. The summed E-state index contributed by atoms with van der Waals surface area (Å²) in [5, 5.41) is 0. The lowest BCUT2D eigenvalue weighted by Gasteiger charge is -2.33. The van der Waals surface area contributed by atoms with Gasteiger partial charge in [-0.25, -0.2) is 23.9 Å². The van der Waals surface area contributed by atoms with Gasteiger partial charge in [0.15, 0.2) is 5.96 Å². The van der Waals surface area contributed by atoms with E-state index in [-0.39, 0.29) is 35.9 Å². The molecule has 4 N–H and O–H groups in total.